The highest BCUT2D eigenvalue weighted by atomic mass is 35.5. The highest BCUT2D eigenvalue weighted by Gasteiger charge is 2.20. The van der Waals surface area contributed by atoms with E-state index < -0.39 is 0 Å². The van der Waals surface area contributed by atoms with E-state index in [1.165, 1.54) is 0 Å². The average molecular weight is 387 g/mol. The zero-order valence-electron chi connectivity index (χ0n) is 14.8. The summed E-state index contributed by atoms with van der Waals surface area (Å²) >= 11 is 5.99. The van der Waals surface area contributed by atoms with Crippen molar-refractivity contribution in [2.24, 2.45) is 0 Å². The first kappa shape index (κ1) is 16.7. The minimum Gasteiger partial charge on any atom is -0.342 e. The maximum Gasteiger partial charge on any atom is 0.230 e. The first-order valence-corrected chi connectivity index (χ1v) is 9.24. The van der Waals surface area contributed by atoms with Crippen LogP contribution in [-0.4, -0.2) is 25.3 Å². The van der Waals surface area contributed by atoms with Gasteiger partial charge >= 0.3 is 0 Å². The van der Waals surface area contributed by atoms with Gasteiger partial charge in [0.05, 0.1) is 11.1 Å². The number of H-pyrrole nitrogens is 1. The molecule has 0 bridgehead atoms. The van der Waals surface area contributed by atoms with Gasteiger partial charge in [-0.05, 0) is 35.9 Å². The van der Waals surface area contributed by atoms with Crippen molar-refractivity contribution in [3.8, 4) is 0 Å². The SMILES string of the molecule is O=C(c1nc2ncccc2[nH]1)c1cn(Cc2ccc(Cl)cc2)c2ccccc12. The molecule has 0 aliphatic carbocycles. The van der Waals surface area contributed by atoms with Gasteiger partial charge in [0, 0.05) is 34.9 Å². The monoisotopic (exact) mass is 386 g/mol. The number of carbonyl (C=O) groups excluding carboxylic acids is 1. The van der Waals surface area contributed by atoms with Crippen molar-refractivity contribution in [3.63, 3.8) is 0 Å². The number of nitrogens with zero attached hydrogens (tertiary/aromatic N) is 3. The molecule has 0 aliphatic rings. The Balaban J connectivity index is 1.59. The lowest BCUT2D eigenvalue weighted by Crippen LogP contribution is -2.03. The Bertz CT molecular complexity index is 1280. The fourth-order valence-corrected chi connectivity index (χ4v) is 3.55. The van der Waals surface area contributed by atoms with Gasteiger partial charge in [-0.15, -0.1) is 0 Å². The number of rotatable bonds is 4. The van der Waals surface area contributed by atoms with Crippen molar-refractivity contribution in [2.45, 2.75) is 6.54 Å². The molecule has 0 radical (unpaired) electrons. The second kappa shape index (κ2) is 6.62. The molecule has 3 heterocycles. The van der Waals surface area contributed by atoms with E-state index in [4.69, 9.17) is 11.6 Å². The van der Waals surface area contributed by atoms with E-state index >= 15 is 0 Å². The summed E-state index contributed by atoms with van der Waals surface area (Å²) in [6.45, 7) is 0.645. The van der Waals surface area contributed by atoms with Crippen molar-refractivity contribution in [3.05, 3.63) is 95.0 Å². The maximum absolute atomic E-state index is 13.2. The standard InChI is InChI=1S/C22H15ClN4O/c23-15-9-7-14(8-10-15)12-27-13-17(16-4-1-2-6-19(16)27)20(28)22-25-18-5-3-11-24-21(18)26-22/h1-11,13H,12H2,(H,24,25,26). The smallest absolute Gasteiger partial charge is 0.230 e. The van der Waals surface area contributed by atoms with Crippen LogP contribution in [0.25, 0.3) is 22.1 Å². The molecule has 0 aliphatic heterocycles. The van der Waals surface area contributed by atoms with Gasteiger partial charge in [-0.1, -0.05) is 41.9 Å². The molecule has 0 saturated carbocycles. The number of aromatic amines is 1. The number of para-hydroxylation sites is 1. The Kier molecular flexibility index (Phi) is 3.95. The molecule has 0 atom stereocenters. The van der Waals surface area contributed by atoms with Gasteiger partial charge in [-0.2, -0.15) is 0 Å². The molecule has 136 valence electrons. The van der Waals surface area contributed by atoms with Gasteiger partial charge in [-0.25, -0.2) is 9.97 Å². The van der Waals surface area contributed by atoms with Crippen LogP contribution in [0.15, 0.2) is 73.1 Å². The lowest BCUT2D eigenvalue weighted by molar-refractivity contribution is 0.103. The average Bonchev–Trinajstić information content (AvgIpc) is 3.31. The largest absolute Gasteiger partial charge is 0.342 e. The maximum atomic E-state index is 13.2. The summed E-state index contributed by atoms with van der Waals surface area (Å²) in [7, 11) is 0. The van der Waals surface area contributed by atoms with Gasteiger partial charge in [-0.3, -0.25) is 4.79 Å². The van der Waals surface area contributed by atoms with Gasteiger partial charge in [0.25, 0.3) is 0 Å². The molecule has 0 fully saturated rings. The van der Waals surface area contributed by atoms with Crippen LogP contribution in [0, 0.1) is 0 Å². The molecule has 28 heavy (non-hydrogen) atoms. The molecule has 6 heteroatoms. The van der Waals surface area contributed by atoms with Crippen molar-refractivity contribution in [1.82, 2.24) is 19.5 Å². The molecule has 3 aromatic heterocycles. The highest BCUT2D eigenvalue weighted by Crippen LogP contribution is 2.25. The summed E-state index contributed by atoms with van der Waals surface area (Å²) in [5.41, 5.74) is 4.00. The van der Waals surface area contributed by atoms with E-state index in [0.717, 1.165) is 22.0 Å². The minimum absolute atomic E-state index is 0.149. The molecule has 5 nitrogen and oxygen atoms in total. The van der Waals surface area contributed by atoms with Gasteiger partial charge < -0.3 is 9.55 Å². The second-order valence-corrected chi connectivity index (χ2v) is 7.04. The van der Waals surface area contributed by atoms with Crippen LogP contribution in [0.2, 0.25) is 5.02 Å². The van der Waals surface area contributed by atoms with Crippen LogP contribution in [0.3, 0.4) is 0 Å². The number of nitrogens with one attached hydrogen (secondary N) is 1. The van der Waals surface area contributed by atoms with Crippen molar-refractivity contribution < 1.29 is 4.79 Å². The van der Waals surface area contributed by atoms with E-state index in [9.17, 15) is 4.79 Å². The van der Waals surface area contributed by atoms with Crippen LogP contribution < -0.4 is 0 Å². The Morgan fingerprint density at radius 2 is 1.86 bits per heavy atom. The predicted octanol–water partition coefficient (Wildman–Crippen LogP) is 4.85. The van der Waals surface area contributed by atoms with Gasteiger partial charge in [0.15, 0.2) is 11.5 Å². The fraction of sp³-hybridized carbons (Fsp3) is 0.0455. The number of aromatic nitrogens is 4. The third-order valence-corrected chi connectivity index (χ3v) is 5.02. The Labute approximate surface area is 165 Å². The molecule has 0 spiro atoms. The fourth-order valence-electron chi connectivity index (χ4n) is 3.43. The normalized spacial score (nSPS) is 11.3. The predicted molar refractivity (Wildman–Crippen MR) is 110 cm³/mol. The summed E-state index contributed by atoms with van der Waals surface area (Å²) in [4.78, 5) is 24.8. The number of hydrogen-bond acceptors (Lipinski definition) is 3. The van der Waals surface area contributed by atoms with Crippen LogP contribution in [-0.2, 0) is 6.54 Å². The molecule has 5 rings (SSSR count). The lowest BCUT2D eigenvalue weighted by atomic mass is 10.1. The van der Waals surface area contributed by atoms with E-state index in [-0.39, 0.29) is 5.78 Å². The van der Waals surface area contributed by atoms with Crippen molar-refractivity contribution >= 4 is 39.5 Å². The number of benzene rings is 2. The van der Waals surface area contributed by atoms with E-state index in [1.807, 2.05) is 66.9 Å². The molecule has 2 aromatic carbocycles. The number of hydrogen-bond donors (Lipinski definition) is 1. The first-order valence-electron chi connectivity index (χ1n) is 8.87. The Hall–Kier alpha value is -3.44. The summed E-state index contributed by atoms with van der Waals surface area (Å²) in [5, 5.41) is 1.60. The molecule has 0 unspecified atom stereocenters. The number of imidazole rings is 1. The topological polar surface area (TPSA) is 63.6 Å². The van der Waals surface area contributed by atoms with Crippen LogP contribution in [0.4, 0.5) is 0 Å². The zero-order valence-corrected chi connectivity index (χ0v) is 15.5. The van der Waals surface area contributed by atoms with Crippen molar-refractivity contribution in [1.29, 1.82) is 0 Å². The summed E-state index contributed by atoms with van der Waals surface area (Å²) in [6.07, 6.45) is 3.55. The first-order chi connectivity index (χ1) is 13.7. The molecule has 1 N–H and O–H groups in total. The Morgan fingerprint density at radius 3 is 2.68 bits per heavy atom. The van der Waals surface area contributed by atoms with E-state index in [2.05, 4.69) is 19.5 Å². The summed E-state index contributed by atoms with van der Waals surface area (Å²) < 4.78 is 2.08. The highest BCUT2D eigenvalue weighted by molar-refractivity contribution is 6.30. The second-order valence-electron chi connectivity index (χ2n) is 6.60. The molecule has 5 aromatic rings. The van der Waals surface area contributed by atoms with Gasteiger partial charge in [0.1, 0.15) is 0 Å². The summed E-state index contributed by atoms with van der Waals surface area (Å²) in [5.74, 6) is 0.146. The van der Waals surface area contributed by atoms with Crippen molar-refractivity contribution in [2.75, 3.05) is 0 Å². The third-order valence-electron chi connectivity index (χ3n) is 4.77. The molecule has 0 amide bonds. The van der Waals surface area contributed by atoms with Crippen LogP contribution in [0.1, 0.15) is 21.7 Å². The molecular weight excluding hydrogens is 372 g/mol. The third kappa shape index (κ3) is 2.86. The zero-order chi connectivity index (χ0) is 19.1. The van der Waals surface area contributed by atoms with Crippen LogP contribution >= 0.6 is 11.6 Å². The summed E-state index contributed by atoms with van der Waals surface area (Å²) in [6, 6.07) is 19.3. The minimum atomic E-state index is -0.149. The number of halogens is 1. The molecule has 0 saturated heterocycles. The molecular formula is C22H15ClN4O. The Morgan fingerprint density at radius 1 is 1.04 bits per heavy atom. The van der Waals surface area contributed by atoms with E-state index in [1.54, 1.807) is 6.20 Å². The lowest BCUT2D eigenvalue weighted by Gasteiger charge is -2.05. The quantitative estimate of drug-likeness (QED) is 0.449. The van der Waals surface area contributed by atoms with Crippen LogP contribution in [0.5, 0.6) is 0 Å². The number of pyridine rings is 1. The number of carbonyl (C=O) groups is 1. The van der Waals surface area contributed by atoms with Gasteiger partial charge in [0.2, 0.25) is 5.78 Å². The van der Waals surface area contributed by atoms with E-state index in [0.29, 0.717) is 28.6 Å². The number of ketones is 1. The number of fused-ring (bicyclic) bond motifs is 2.